The molecule has 4 aromatic rings. The molecule has 4 N–H and O–H groups in total. The topological polar surface area (TPSA) is 105 Å². The van der Waals surface area contributed by atoms with E-state index in [4.69, 9.17) is 5.73 Å². The van der Waals surface area contributed by atoms with Gasteiger partial charge in [-0.05, 0) is 55.3 Å². The number of nitrogens with one attached hydrogen (secondary N) is 2. The first-order valence-corrected chi connectivity index (χ1v) is 9.94. The van der Waals surface area contributed by atoms with Gasteiger partial charge in [-0.25, -0.2) is 0 Å². The highest BCUT2D eigenvalue weighted by Gasteiger charge is 2.26. The molecule has 2 unspecified atom stereocenters. The van der Waals surface area contributed by atoms with Crippen LogP contribution in [0.15, 0.2) is 55.2 Å². The lowest BCUT2D eigenvalue weighted by Crippen LogP contribution is -2.38. The number of aromatic nitrogens is 5. The van der Waals surface area contributed by atoms with Crippen LogP contribution in [-0.4, -0.2) is 44.8 Å². The molecule has 0 radical (unpaired) electrons. The lowest BCUT2D eigenvalue weighted by molar-refractivity contribution is 0.331. The van der Waals surface area contributed by atoms with Gasteiger partial charge in [-0.15, -0.1) is 0 Å². The Morgan fingerprint density at radius 2 is 2.00 bits per heavy atom. The van der Waals surface area contributed by atoms with Crippen molar-refractivity contribution in [2.24, 2.45) is 11.7 Å². The zero-order chi connectivity index (χ0) is 19.6. The van der Waals surface area contributed by atoms with Crippen molar-refractivity contribution in [2.75, 3.05) is 19.6 Å². The predicted octanol–water partition coefficient (Wildman–Crippen LogP) is 2.73. The van der Waals surface area contributed by atoms with Crippen LogP contribution < -0.4 is 11.1 Å². The highest BCUT2D eigenvalue weighted by atomic mass is 15.1. The van der Waals surface area contributed by atoms with Crippen molar-refractivity contribution in [1.82, 2.24) is 30.5 Å². The molecule has 7 nitrogen and oxygen atoms in total. The van der Waals surface area contributed by atoms with Gasteiger partial charge in [0.05, 0.1) is 17.4 Å². The molecule has 0 spiro atoms. The largest absolute Gasteiger partial charge is 0.330 e. The van der Waals surface area contributed by atoms with Gasteiger partial charge < -0.3 is 11.1 Å². The Morgan fingerprint density at radius 3 is 2.86 bits per heavy atom. The Morgan fingerprint density at radius 1 is 1.07 bits per heavy atom. The highest BCUT2D eigenvalue weighted by molar-refractivity contribution is 5.94. The maximum Gasteiger partial charge on any atom is 0.102 e. The summed E-state index contributed by atoms with van der Waals surface area (Å²) in [5.41, 5.74) is 11.9. The minimum atomic E-state index is 0.374. The molecular weight excluding hydrogens is 362 g/mol. The summed E-state index contributed by atoms with van der Waals surface area (Å²) in [4.78, 5) is 13.3. The highest BCUT2D eigenvalue weighted by Crippen LogP contribution is 2.33. The molecule has 0 bridgehead atoms. The average molecular weight is 385 g/mol. The number of aromatic amines is 1. The number of pyridine rings is 3. The second kappa shape index (κ2) is 7.69. The second-order valence-electron chi connectivity index (χ2n) is 7.53. The van der Waals surface area contributed by atoms with E-state index in [0.717, 1.165) is 52.9 Å². The lowest BCUT2D eigenvalue weighted by Gasteiger charge is -2.31. The Bertz CT molecular complexity index is 1120. The number of nitrogens with two attached hydrogens (primary N) is 1. The van der Waals surface area contributed by atoms with Gasteiger partial charge in [0.1, 0.15) is 5.69 Å². The minimum Gasteiger partial charge on any atom is -0.330 e. The van der Waals surface area contributed by atoms with Crippen molar-refractivity contribution in [3.8, 4) is 22.5 Å². The average Bonchev–Trinajstić information content (AvgIpc) is 3.23. The molecule has 5 heterocycles. The van der Waals surface area contributed by atoms with E-state index in [2.05, 4.69) is 42.6 Å². The number of hydrogen-bond donors (Lipinski definition) is 3. The molecule has 1 aliphatic rings. The molecular formula is C22H23N7. The van der Waals surface area contributed by atoms with E-state index < -0.39 is 0 Å². The second-order valence-corrected chi connectivity index (χ2v) is 7.53. The molecule has 1 fully saturated rings. The molecule has 1 aliphatic heterocycles. The summed E-state index contributed by atoms with van der Waals surface area (Å²) in [6.07, 6.45) is 10.3. The molecule has 7 heteroatoms. The first kappa shape index (κ1) is 17.9. The number of H-pyrrole nitrogens is 1. The molecule has 5 rings (SSSR count). The summed E-state index contributed by atoms with van der Waals surface area (Å²) < 4.78 is 0. The van der Waals surface area contributed by atoms with Gasteiger partial charge >= 0.3 is 0 Å². The van der Waals surface area contributed by atoms with Crippen molar-refractivity contribution < 1.29 is 0 Å². The fraction of sp³-hybridized carbons (Fsp3) is 0.273. The van der Waals surface area contributed by atoms with E-state index in [1.54, 1.807) is 6.20 Å². The summed E-state index contributed by atoms with van der Waals surface area (Å²) in [7, 11) is 0. The van der Waals surface area contributed by atoms with Gasteiger partial charge in [-0.1, -0.05) is 0 Å². The fourth-order valence-corrected chi connectivity index (χ4v) is 4.18. The molecule has 4 aromatic heterocycles. The van der Waals surface area contributed by atoms with Crippen molar-refractivity contribution in [3.05, 3.63) is 60.8 Å². The number of rotatable bonds is 4. The molecule has 1 saturated heterocycles. The zero-order valence-corrected chi connectivity index (χ0v) is 16.0. The fourth-order valence-electron chi connectivity index (χ4n) is 4.18. The van der Waals surface area contributed by atoms with Crippen LogP contribution in [0, 0.1) is 5.92 Å². The van der Waals surface area contributed by atoms with E-state index >= 15 is 0 Å². The van der Waals surface area contributed by atoms with Gasteiger partial charge in [0.2, 0.25) is 0 Å². The standard InChI is InChI=1S/C22H23N7/c23-8-14-3-5-25-12-19(14)16-6-17(11-26-10-16)22-18-7-20(15-2-1-4-24-9-15)27-13-21(18)28-29-22/h1-2,4,6-7,9-11,13-14,19,25H,3,5,8,12,23H2,(H,28,29). The van der Waals surface area contributed by atoms with Gasteiger partial charge in [0, 0.05) is 53.8 Å². The van der Waals surface area contributed by atoms with Gasteiger partial charge in [0.15, 0.2) is 0 Å². The summed E-state index contributed by atoms with van der Waals surface area (Å²) in [5.74, 6) is 0.852. The van der Waals surface area contributed by atoms with Crippen LogP contribution in [0.1, 0.15) is 17.9 Å². The normalized spacial score (nSPS) is 19.5. The first-order valence-electron chi connectivity index (χ1n) is 9.94. The van der Waals surface area contributed by atoms with Crippen LogP contribution in [0.2, 0.25) is 0 Å². The molecule has 0 aromatic carbocycles. The van der Waals surface area contributed by atoms with E-state index in [-0.39, 0.29) is 0 Å². The number of piperidine rings is 1. The van der Waals surface area contributed by atoms with Gasteiger partial charge in [-0.3, -0.25) is 20.1 Å². The van der Waals surface area contributed by atoms with Crippen LogP contribution in [0.3, 0.4) is 0 Å². The third-order valence-electron chi connectivity index (χ3n) is 5.79. The zero-order valence-electron chi connectivity index (χ0n) is 16.0. The molecule has 0 amide bonds. The van der Waals surface area contributed by atoms with Gasteiger partial charge in [-0.2, -0.15) is 5.10 Å². The van der Waals surface area contributed by atoms with E-state index in [1.165, 1.54) is 5.56 Å². The van der Waals surface area contributed by atoms with Crippen molar-refractivity contribution >= 4 is 10.9 Å². The number of nitrogens with zero attached hydrogens (tertiary/aromatic N) is 4. The van der Waals surface area contributed by atoms with E-state index in [0.29, 0.717) is 18.4 Å². The monoisotopic (exact) mass is 385 g/mol. The van der Waals surface area contributed by atoms with Crippen molar-refractivity contribution in [1.29, 1.82) is 0 Å². The van der Waals surface area contributed by atoms with Crippen LogP contribution in [-0.2, 0) is 0 Å². The molecule has 0 aliphatic carbocycles. The van der Waals surface area contributed by atoms with Crippen LogP contribution >= 0.6 is 0 Å². The summed E-state index contributed by atoms with van der Waals surface area (Å²) >= 11 is 0. The molecule has 0 saturated carbocycles. The Labute approximate surface area is 168 Å². The number of fused-ring (bicyclic) bond motifs is 1. The van der Waals surface area contributed by atoms with E-state index in [1.807, 2.05) is 36.9 Å². The smallest absolute Gasteiger partial charge is 0.102 e. The van der Waals surface area contributed by atoms with Crippen LogP contribution in [0.4, 0.5) is 0 Å². The summed E-state index contributed by atoms with van der Waals surface area (Å²) in [6, 6.07) is 8.18. The molecule has 29 heavy (non-hydrogen) atoms. The Balaban J connectivity index is 1.56. The quantitative estimate of drug-likeness (QED) is 0.499. The Hall–Kier alpha value is -3.16. The lowest BCUT2D eigenvalue weighted by atomic mass is 9.81. The molecule has 2 atom stereocenters. The number of hydrogen-bond acceptors (Lipinski definition) is 6. The summed E-state index contributed by atoms with van der Waals surface area (Å²) in [6.45, 7) is 2.66. The maximum atomic E-state index is 6.03. The maximum absolute atomic E-state index is 6.03. The van der Waals surface area contributed by atoms with Gasteiger partial charge in [0.25, 0.3) is 0 Å². The minimum absolute atomic E-state index is 0.374. The molecule has 146 valence electrons. The Kier molecular flexibility index (Phi) is 4.75. The van der Waals surface area contributed by atoms with Crippen molar-refractivity contribution in [2.45, 2.75) is 12.3 Å². The van der Waals surface area contributed by atoms with Crippen LogP contribution in [0.25, 0.3) is 33.4 Å². The SMILES string of the molecule is NCC1CCNCC1c1cncc(-c2n[nH]c3cnc(-c4cccnc4)cc23)c1. The van der Waals surface area contributed by atoms with Crippen LogP contribution in [0.5, 0.6) is 0 Å². The van der Waals surface area contributed by atoms with E-state index in [9.17, 15) is 0 Å². The third kappa shape index (κ3) is 3.39. The first-order chi connectivity index (χ1) is 14.3. The third-order valence-corrected chi connectivity index (χ3v) is 5.79. The van der Waals surface area contributed by atoms with Crippen molar-refractivity contribution in [3.63, 3.8) is 0 Å². The summed E-state index contributed by atoms with van der Waals surface area (Å²) in [5, 5.41) is 12.2. The predicted molar refractivity (Wildman–Crippen MR) is 113 cm³/mol.